The fraction of sp³-hybridized carbons (Fsp3) is 0.261. The Morgan fingerprint density at radius 1 is 1.03 bits per heavy atom. The number of rotatable bonds is 8. The fourth-order valence-electron chi connectivity index (χ4n) is 2.93. The summed E-state index contributed by atoms with van der Waals surface area (Å²) in [4.78, 5) is 26.6. The number of aromatic nitrogens is 1. The minimum atomic E-state index is -0.841. The number of hydrogen-bond donors (Lipinski definition) is 1. The van der Waals surface area contributed by atoms with Crippen LogP contribution in [0.25, 0.3) is 0 Å². The van der Waals surface area contributed by atoms with Crippen LogP contribution >= 0.6 is 0 Å². The molecule has 1 heterocycles. The third-order valence-electron chi connectivity index (χ3n) is 4.42. The molecule has 0 atom stereocenters. The summed E-state index contributed by atoms with van der Waals surface area (Å²) >= 11 is 0. The van der Waals surface area contributed by atoms with Crippen molar-refractivity contribution in [1.29, 1.82) is 0 Å². The molecule has 2 aromatic carbocycles. The van der Waals surface area contributed by atoms with Crippen molar-refractivity contribution in [3.63, 3.8) is 0 Å². The van der Waals surface area contributed by atoms with E-state index in [9.17, 15) is 18.4 Å². The van der Waals surface area contributed by atoms with Crippen LogP contribution in [0.3, 0.4) is 0 Å². The van der Waals surface area contributed by atoms with Gasteiger partial charge in [0.25, 0.3) is 11.8 Å². The molecule has 0 fully saturated rings. The van der Waals surface area contributed by atoms with Crippen LogP contribution in [-0.2, 0) is 13.1 Å². The molecule has 162 valence electrons. The van der Waals surface area contributed by atoms with Gasteiger partial charge in [-0.2, -0.15) is 0 Å². The summed E-state index contributed by atoms with van der Waals surface area (Å²) in [5.41, 5.74) is 0.796. The SMILES string of the molecule is CC(C)CNC(=O)c1cc(CN(Cc2ccccc2)C(=O)c2cc(F)cc(F)c2)on1. The zero-order chi connectivity index (χ0) is 22.4. The van der Waals surface area contributed by atoms with Gasteiger partial charge in [-0.15, -0.1) is 0 Å². The molecular formula is C23H23F2N3O3. The molecular weight excluding hydrogens is 404 g/mol. The van der Waals surface area contributed by atoms with E-state index in [-0.39, 0.29) is 41.9 Å². The first-order valence-corrected chi connectivity index (χ1v) is 9.85. The molecule has 1 N–H and O–H groups in total. The molecule has 2 amide bonds. The number of nitrogens with zero attached hydrogens (tertiary/aromatic N) is 2. The molecule has 0 radical (unpaired) electrons. The van der Waals surface area contributed by atoms with Crippen LogP contribution in [0, 0.1) is 17.6 Å². The number of nitrogens with one attached hydrogen (secondary N) is 1. The fourth-order valence-corrected chi connectivity index (χ4v) is 2.93. The Hall–Kier alpha value is -3.55. The average Bonchev–Trinajstić information content (AvgIpc) is 3.19. The lowest BCUT2D eigenvalue weighted by molar-refractivity contribution is 0.0712. The summed E-state index contributed by atoms with van der Waals surface area (Å²) in [5.74, 6) is -2.09. The van der Waals surface area contributed by atoms with Gasteiger partial charge in [-0.05, 0) is 23.6 Å². The monoisotopic (exact) mass is 427 g/mol. The first kappa shape index (κ1) is 22.1. The minimum Gasteiger partial charge on any atom is -0.359 e. The molecule has 0 spiro atoms. The third-order valence-corrected chi connectivity index (χ3v) is 4.42. The molecule has 31 heavy (non-hydrogen) atoms. The molecule has 6 nitrogen and oxygen atoms in total. The number of carbonyl (C=O) groups excluding carboxylic acids is 2. The second kappa shape index (κ2) is 9.97. The van der Waals surface area contributed by atoms with Gasteiger partial charge >= 0.3 is 0 Å². The van der Waals surface area contributed by atoms with Crippen molar-refractivity contribution in [2.75, 3.05) is 6.54 Å². The average molecular weight is 427 g/mol. The van der Waals surface area contributed by atoms with Gasteiger partial charge in [-0.3, -0.25) is 9.59 Å². The quantitative estimate of drug-likeness (QED) is 0.585. The van der Waals surface area contributed by atoms with Crippen molar-refractivity contribution in [2.45, 2.75) is 26.9 Å². The molecule has 8 heteroatoms. The van der Waals surface area contributed by atoms with Crippen molar-refractivity contribution in [2.24, 2.45) is 5.92 Å². The zero-order valence-corrected chi connectivity index (χ0v) is 17.3. The van der Waals surface area contributed by atoms with Crippen molar-refractivity contribution >= 4 is 11.8 Å². The Bertz CT molecular complexity index is 1030. The summed E-state index contributed by atoms with van der Waals surface area (Å²) in [6.07, 6.45) is 0. The Balaban J connectivity index is 1.82. The molecule has 0 aliphatic carbocycles. The van der Waals surface area contributed by atoms with Gasteiger partial charge in [0.2, 0.25) is 0 Å². The molecule has 3 aromatic rings. The molecule has 0 saturated carbocycles. The highest BCUT2D eigenvalue weighted by Crippen LogP contribution is 2.17. The van der Waals surface area contributed by atoms with E-state index in [1.807, 2.05) is 44.2 Å². The predicted octanol–water partition coefficient (Wildman–Crippen LogP) is 4.18. The normalized spacial score (nSPS) is 10.9. The van der Waals surface area contributed by atoms with E-state index >= 15 is 0 Å². The Kier molecular flexibility index (Phi) is 7.12. The summed E-state index contributed by atoms with van der Waals surface area (Å²) in [6, 6.07) is 13.3. The van der Waals surface area contributed by atoms with Gasteiger partial charge in [0, 0.05) is 30.8 Å². The van der Waals surface area contributed by atoms with E-state index in [1.165, 1.54) is 11.0 Å². The maximum Gasteiger partial charge on any atom is 0.273 e. The van der Waals surface area contributed by atoms with E-state index in [0.717, 1.165) is 17.7 Å². The van der Waals surface area contributed by atoms with E-state index in [0.29, 0.717) is 12.6 Å². The maximum absolute atomic E-state index is 13.6. The van der Waals surface area contributed by atoms with Crippen LogP contribution in [0.2, 0.25) is 0 Å². The lowest BCUT2D eigenvalue weighted by Crippen LogP contribution is -2.30. The molecule has 3 rings (SSSR count). The van der Waals surface area contributed by atoms with E-state index < -0.39 is 17.5 Å². The van der Waals surface area contributed by atoms with Gasteiger partial charge < -0.3 is 14.7 Å². The first-order valence-electron chi connectivity index (χ1n) is 9.85. The Morgan fingerprint density at radius 2 is 1.71 bits per heavy atom. The van der Waals surface area contributed by atoms with Crippen LogP contribution in [0.5, 0.6) is 0 Å². The number of halogens is 2. The van der Waals surface area contributed by atoms with Gasteiger partial charge in [0.15, 0.2) is 11.5 Å². The standard InChI is InChI=1S/C23H23F2N3O3/c1-15(2)12-26-22(29)21-11-20(31-27-21)14-28(13-16-6-4-3-5-7-16)23(30)17-8-18(24)10-19(25)9-17/h3-11,15H,12-14H2,1-2H3,(H,26,29). The maximum atomic E-state index is 13.6. The summed E-state index contributed by atoms with van der Waals surface area (Å²) in [6.45, 7) is 4.57. The second-order valence-corrected chi connectivity index (χ2v) is 7.59. The highest BCUT2D eigenvalue weighted by molar-refractivity contribution is 5.94. The highest BCUT2D eigenvalue weighted by Gasteiger charge is 2.21. The molecule has 0 aliphatic heterocycles. The van der Waals surface area contributed by atoms with Crippen LogP contribution in [-0.4, -0.2) is 28.4 Å². The van der Waals surface area contributed by atoms with E-state index in [4.69, 9.17) is 4.52 Å². The van der Waals surface area contributed by atoms with Crippen LogP contribution in [0.15, 0.2) is 59.1 Å². The summed E-state index contributed by atoms with van der Waals surface area (Å²) in [5, 5.41) is 6.51. The third kappa shape index (κ3) is 6.21. The number of amides is 2. The highest BCUT2D eigenvalue weighted by atomic mass is 19.1. The molecule has 0 bridgehead atoms. The zero-order valence-electron chi connectivity index (χ0n) is 17.3. The van der Waals surface area contributed by atoms with Gasteiger partial charge in [-0.25, -0.2) is 8.78 Å². The molecule has 0 saturated heterocycles. The van der Waals surface area contributed by atoms with Crippen LogP contribution in [0.4, 0.5) is 8.78 Å². The lowest BCUT2D eigenvalue weighted by Gasteiger charge is -2.22. The molecule has 0 unspecified atom stereocenters. The Labute approximate surface area is 178 Å². The van der Waals surface area contributed by atoms with Crippen molar-refractivity contribution < 1.29 is 22.9 Å². The predicted molar refractivity (Wildman–Crippen MR) is 110 cm³/mol. The van der Waals surface area contributed by atoms with Crippen molar-refractivity contribution in [3.8, 4) is 0 Å². The smallest absolute Gasteiger partial charge is 0.273 e. The topological polar surface area (TPSA) is 75.4 Å². The van der Waals surface area contributed by atoms with Crippen LogP contribution < -0.4 is 5.32 Å². The Morgan fingerprint density at radius 3 is 2.35 bits per heavy atom. The second-order valence-electron chi connectivity index (χ2n) is 7.59. The minimum absolute atomic E-state index is 0.0314. The molecule has 1 aromatic heterocycles. The lowest BCUT2D eigenvalue weighted by atomic mass is 10.1. The van der Waals surface area contributed by atoms with Gasteiger partial charge in [0.1, 0.15) is 11.6 Å². The van der Waals surface area contributed by atoms with E-state index in [2.05, 4.69) is 10.5 Å². The van der Waals surface area contributed by atoms with Gasteiger partial charge in [0.05, 0.1) is 6.54 Å². The van der Waals surface area contributed by atoms with Crippen molar-refractivity contribution in [1.82, 2.24) is 15.4 Å². The first-order chi connectivity index (χ1) is 14.8. The van der Waals surface area contributed by atoms with Gasteiger partial charge in [-0.1, -0.05) is 49.3 Å². The number of benzene rings is 2. The van der Waals surface area contributed by atoms with Crippen molar-refractivity contribution in [3.05, 3.63) is 88.8 Å². The van der Waals surface area contributed by atoms with Crippen LogP contribution in [0.1, 0.15) is 46.0 Å². The summed E-state index contributed by atoms with van der Waals surface area (Å²) < 4.78 is 32.5. The largest absolute Gasteiger partial charge is 0.359 e. The summed E-state index contributed by atoms with van der Waals surface area (Å²) in [7, 11) is 0. The van der Waals surface area contributed by atoms with E-state index in [1.54, 1.807) is 0 Å². The molecule has 0 aliphatic rings. The number of hydrogen-bond acceptors (Lipinski definition) is 4. The number of carbonyl (C=O) groups is 2.